The maximum Gasteiger partial charge on any atom is 0.282 e. The molecule has 0 radical (unpaired) electrons. The number of nitriles is 1. The van der Waals surface area contributed by atoms with Crippen molar-refractivity contribution < 1.29 is 9.47 Å². The zero-order valence-electron chi connectivity index (χ0n) is 20.9. The highest BCUT2D eigenvalue weighted by atomic mass is 16.5. The Morgan fingerprint density at radius 2 is 1.92 bits per heavy atom. The van der Waals surface area contributed by atoms with E-state index in [-0.39, 0.29) is 18.1 Å². The summed E-state index contributed by atoms with van der Waals surface area (Å²) in [6.07, 6.45) is 1.59. The fraction of sp³-hybridized carbons (Fsp3) is 0.241. The van der Waals surface area contributed by atoms with E-state index in [1.165, 1.54) is 4.68 Å². The smallest absolute Gasteiger partial charge is 0.282 e. The van der Waals surface area contributed by atoms with Gasteiger partial charge in [-0.3, -0.25) is 4.79 Å². The number of fused-ring (bicyclic) bond motifs is 1. The molecule has 0 atom stereocenters. The minimum Gasteiger partial charge on any atom is -0.494 e. The first kappa shape index (κ1) is 24.7. The Kier molecular flexibility index (Phi) is 7.45. The summed E-state index contributed by atoms with van der Waals surface area (Å²) in [6.45, 7) is 8.68. The number of aryl methyl sites for hydroxylation is 1. The summed E-state index contributed by atoms with van der Waals surface area (Å²) in [5.41, 5.74) is 3.85. The summed E-state index contributed by atoms with van der Waals surface area (Å²) in [4.78, 5) is 18.4. The minimum absolute atomic E-state index is 0.0476. The Bertz CT molecular complexity index is 1530. The average molecular weight is 481 g/mol. The van der Waals surface area contributed by atoms with Crippen molar-refractivity contribution >= 4 is 17.1 Å². The van der Waals surface area contributed by atoms with E-state index in [1.807, 2.05) is 62.4 Å². The molecule has 4 aromatic rings. The van der Waals surface area contributed by atoms with Crippen LogP contribution in [0.3, 0.4) is 0 Å². The average Bonchev–Trinajstić information content (AvgIpc) is 2.87. The van der Waals surface area contributed by atoms with E-state index in [0.29, 0.717) is 29.1 Å². The molecule has 36 heavy (non-hydrogen) atoms. The molecule has 0 saturated carbocycles. The van der Waals surface area contributed by atoms with Crippen molar-refractivity contribution in [1.82, 2.24) is 9.66 Å². The molecule has 182 valence electrons. The first-order valence-electron chi connectivity index (χ1n) is 11.9. The van der Waals surface area contributed by atoms with Crippen molar-refractivity contribution in [3.63, 3.8) is 0 Å². The van der Waals surface area contributed by atoms with E-state index in [0.717, 1.165) is 28.0 Å². The van der Waals surface area contributed by atoms with Crippen molar-refractivity contribution in [3.05, 3.63) is 87.7 Å². The van der Waals surface area contributed by atoms with E-state index in [9.17, 15) is 4.79 Å². The highest BCUT2D eigenvalue weighted by Crippen LogP contribution is 2.34. The van der Waals surface area contributed by atoms with Gasteiger partial charge in [-0.25, -0.2) is 4.98 Å². The number of para-hydroxylation sites is 1. The van der Waals surface area contributed by atoms with Crippen LogP contribution in [-0.2, 0) is 0 Å². The van der Waals surface area contributed by atoms with Gasteiger partial charge in [0.05, 0.1) is 23.7 Å². The van der Waals surface area contributed by atoms with E-state index in [1.54, 1.807) is 24.4 Å². The van der Waals surface area contributed by atoms with Crippen LogP contribution in [0.1, 0.15) is 43.4 Å². The molecule has 0 bridgehead atoms. The normalized spacial score (nSPS) is 11.2. The Morgan fingerprint density at radius 1 is 1.11 bits per heavy atom. The molecule has 4 rings (SSSR count). The first-order chi connectivity index (χ1) is 17.4. The Labute approximate surface area is 210 Å². The van der Waals surface area contributed by atoms with Crippen molar-refractivity contribution in [2.24, 2.45) is 5.10 Å². The molecule has 0 unspecified atom stereocenters. The number of nitrogens with zero attached hydrogens (tertiary/aromatic N) is 4. The SMILES string of the molecule is CCOc1cc(C)c(-c2nc3ccccc3c(=O)n2N=Cc2cccc(OCC#N)c2)cc1C(C)C. The molecule has 0 N–H and O–H groups in total. The van der Waals surface area contributed by atoms with Gasteiger partial charge in [0, 0.05) is 5.56 Å². The van der Waals surface area contributed by atoms with Crippen LogP contribution in [0.25, 0.3) is 22.3 Å². The van der Waals surface area contributed by atoms with Crippen LogP contribution in [0.5, 0.6) is 11.5 Å². The molecule has 0 saturated heterocycles. The van der Waals surface area contributed by atoms with Crippen LogP contribution in [0.15, 0.2) is 70.6 Å². The maximum atomic E-state index is 13.6. The van der Waals surface area contributed by atoms with Crippen molar-refractivity contribution in [1.29, 1.82) is 5.26 Å². The second-order valence-corrected chi connectivity index (χ2v) is 8.63. The standard InChI is InChI=1S/C29H28N4O3/c1-5-35-27-15-20(4)25(17-24(27)19(2)3)28-32-26-12-7-6-11-23(26)29(34)33(28)31-18-21-9-8-10-22(16-21)36-14-13-30/h6-12,15-19H,5,14H2,1-4H3. The third-order valence-corrected chi connectivity index (χ3v) is 5.76. The predicted octanol–water partition coefficient (Wildman–Crippen LogP) is 5.68. The van der Waals surface area contributed by atoms with Crippen LogP contribution in [0.4, 0.5) is 0 Å². The van der Waals surface area contributed by atoms with Gasteiger partial charge in [0.15, 0.2) is 12.4 Å². The van der Waals surface area contributed by atoms with Gasteiger partial charge < -0.3 is 9.47 Å². The quantitative estimate of drug-likeness (QED) is 0.303. The highest BCUT2D eigenvalue weighted by Gasteiger charge is 2.18. The van der Waals surface area contributed by atoms with Gasteiger partial charge in [-0.15, -0.1) is 0 Å². The van der Waals surface area contributed by atoms with Crippen LogP contribution in [0.2, 0.25) is 0 Å². The number of hydrogen-bond donors (Lipinski definition) is 0. The van der Waals surface area contributed by atoms with Crippen molar-refractivity contribution in [3.8, 4) is 29.0 Å². The Hall–Kier alpha value is -4.44. The zero-order chi connectivity index (χ0) is 25.7. The fourth-order valence-electron chi connectivity index (χ4n) is 4.00. The molecule has 0 aliphatic heterocycles. The minimum atomic E-state index is -0.261. The number of hydrogen-bond acceptors (Lipinski definition) is 6. The molecule has 7 heteroatoms. The summed E-state index contributed by atoms with van der Waals surface area (Å²) in [5.74, 6) is 2.05. The topological polar surface area (TPSA) is 89.5 Å². The number of aromatic nitrogens is 2. The van der Waals surface area contributed by atoms with Crippen LogP contribution >= 0.6 is 0 Å². The van der Waals surface area contributed by atoms with Gasteiger partial charge in [-0.1, -0.05) is 38.1 Å². The summed E-state index contributed by atoms with van der Waals surface area (Å²) in [5, 5.41) is 13.8. The molecule has 0 aliphatic carbocycles. The van der Waals surface area contributed by atoms with Gasteiger partial charge in [-0.05, 0) is 72.9 Å². The number of ether oxygens (including phenoxy) is 2. The molecular weight excluding hydrogens is 452 g/mol. The monoisotopic (exact) mass is 480 g/mol. The summed E-state index contributed by atoms with van der Waals surface area (Å²) in [6, 6.07) is 20.4. The molecule has 0 aliphatic rings. The zero-order valence-corrected chi connectivity index (χ0v) is 20.9. The lowest BCUT2D eigenvalue weighted by atomic mass is 9.96. The van der Waals surface area contributed by atoms with Gasteiger partial charge in [0.25, 0.3) is 5.56 Å². The lowest BCUT2D eigenvalue weighted by Crippen LogP contribution is -2.20. The third kappa shape index (κ3) is 5.13. The summed E-state index contributed by atoms with van der Waals surface area (Å²) >= 11 is 0. The molecule has 1 aromatic heterocycles. The van der Waals surface area contributed by atoms with Crippen molar-refractivity contribution in [2.75, 3.05) is 13.2 Å². The number of rotatable bonds is 8. The fourth-order valence-corrected chi connectivity index (χ4v) is 4.00. The van der Waals surface area contributed by atoms with Crippen LogP contribution in [-0.4, -0.2) is 29.1 Å². The van der Waals surface area contributed by atoms with Crippen LogP contribution in [0, 0.1) is 18.3 Å². The molecule has 1 heterocycles. The van der Waals surface area contributed by atoms with Gasteiger partial charge in [0.2, 0.25) is 0 Å². The summed E-state index contributed by atoms with van der Waals surface area (Å²) < 4.78 is 12.6. The predicted molar refractivity (Wildman–Crippen MR) is 142 cm³/mol. The molecule has 0 spiro atoms. The van der Waals surface area contributed by atoms with Gasteiger partial charge in [0.1, 0.15) is 17.6 Å². The van der Waals surface area contributed by atoms with Gasteiger partial charge in [-0.2, -0.15) is 15.0 Å². The van der Waals surface area contributed by atoms with Crippen LogP contribution < -0.4 is 15.0 Å². The second kappa shape index (κ2) is 10.9. The summed E-state index contributed by atoms with van der Waals surface area (Å²) in [7, 11) is 0. The largest absolute Gasteiger partial charge is 0.494 e. The van der Waals surface area contributed by atoms with Crippen molar-refractivity contribution in [2.45, 2.75) is 33.6 Å². The highest BCUT2D eigenvalue weighted by molar-refractivity contribution is 5.82. The molecule has 0 fully saturated rings. The molecular formula is C29H28N4O3. The molecule has 0 amide bonds. The Morgan fingerprint density at radius 3 is 2.67 bits per heavy atom. The van der Waals surface area contributed by atoms with Gasteiger partial charge >= 0.3 is 0 Å². The number of benzene rings is 3. The molecule has 3 aromatic carbocycles. The first-order valence-corrected chi connectivity index (χ1v) is 11.9. The third-order valence-electron chi connectivity index (χ3n) is 5.76. The maximum absolute atomic E-state index is 13.6. The van der Waals surface area contributed by atoms with E-state index >= 15 is 0 Å². The Balaban J connectivity index is 1.91. The lowest BCUT2D eigenvalue weighted by Gasteiger charge is -2.18. The van der Waals surface area contributed by atoms with E-state index < -0.39 is 0 Å². The lowest BCUT2D eigenvalue weighted by molar-refractivity contribution is 0.335. The second-order valence-electron chi connectivity index (χ2n) is 8.63. The van der Waals surface area contributed by atoms with E-state index in [2.05, 4.69) is 18.9 Å². The van der Waals surface area contributed by atoms with E-state index in [4.69, 9.17) is 19.7 Å². The molecule has 7 nitrogen and oxygen atoms in total.